The molecule has 7 nitrogen and oxygen atoms in total. The van der Waals surface area contributed by atoms with Crippen LogP contribution in [0.1, 0.15) is 47.2 Å². The lowest BCUT2D eigenvalue weighted by Gasteiger charge is -2.09. The molecule has 0 aliphatic rings. The Morgan fingerprint density at radius 2 is 2.00 bits per heavy atom. The van der Waals surface area contributed by atoms with Gasteiger partial charge in [0, 0.05) is 25.5 Å². The highest BCUT2D eigenvalue weighted by atomic mass is 16.1. The summed E-state index contributed by atoms with van der Waals surface area (Å²) in [6.45, 7) is 7.85. The largest absolute Gasteiger partial charge is 0.319 e. The van der Waals surface area contributed by atoms with E-state index in [4.69, 9.17) is 0 Å². The zero-order valence-corrected chi connectivity index (χ0v) is 14.0. The maximum atomic E-state index is 12.6. The molecule has 3 rings (SSSR count). The van der Waals surface area contributed by atoms with Gasteiger partial charge in [-0.15, -0.1) is 0 Å². The Morgan fingerprint density at radius 3 is 2.70 bits per heavy atom. The van der Waals surface area contributed by atoms with Gasteiger partial charge in [0.25, 0.3) is 5.91 Å². The third-order valence-electron chi connectivity index (χ3n) is 3.74. The predicted molar refractivity (Wildman–Crippen MR) is 87.7 cm³/mol. The minimum absolute atomic E-state index is 0.208. The number of nitrogens with zero attached hydrogens (tertiary/aromatic N) is 5. The van der Waals surface area contributed by atoms with Crippen LogP contribution in [0, 0.1) is 13.8 Å². The Balaban J connectivity index is 1.96. The van der Waals surface area contributed by atoms with Gasteiger partial charge in [-0.3, -0.25) is 9.48 Å². The van der Waals surface area contributed by atoms with Crippen LogP contribution < -0.4 is 5.32 Å². The van der Waals surface area contributed by atoms with Crippen molar-refractivity contribution in [3.8, 4) is 0 Å². The number of amides is 1. The summed E-state index contributed by atoms with van der Waals surface area (Å²) in [6, 6.07) is 1.88. The van der Waals surface area contributed by atoms with Gasteiger partial charge < -0.3 is 5.32 Å². The first kappa shape index (κ1) is 15.2. The Labute approximate surface area is 134 Å². The molecular formula is C16H20N6O. The molecule has 23 heavy (non-hydrogen) atoms. The quantitative estimate of drug-likeness (QED) is 0.806. The molecule has 0 aliphatic heterocycles. The molecule has 1 amide bonds. The SMILES string of the molecule is Cc1cc2ncc(C(=O)Nc3cn(C)nc3C(C)C)c(C)n2n1. The Bertz CT molecular complexity index is 889. The van der Waals surface area contributed by atoms with Crippen molar-refractivity contribution >= 4 is 17.2 Å². The molecule has 0 bridgehead atoms. The van der Waals surface area contributed by atoms with Crippen molar-refractivity contribution in [2.45, 2.75) is 33.6 Å². The molecule has 3 heterocycles. The minimum atomic E-state index is -0.208. The van der Waals surface area contributed by atoms with Crippen molar-refractivity contribution in [3.63, 3.8) is 0 Å². The molecule has 1 N–H and O–H groups in total. The normalized spacial score (nSPS) is 11.4. The summed E-state index contributed by atoms with van der Waals surface area (Å²) in [5, 5.41) is 11.7. The second kappa shape index (κ2) is 5.49. The lowest BCUT2D eigenvalue weighted by Crippen LogP contribution is -2.16. The summed E-state index contributed by atoms with van der Waals surface area (Å²) in [5.74, 6) is 0.0157. The fraction of sp³-hybridized carbons (Fsp3) is 0.375. The molecular weight excluding hydrogens is 292 g/mol. The van der Waals surface area contributed by atoms with E-state index in [9.17, 15) is 4.79 Å². The maximum Gasteiger partial charge on any atom is 0.259 e. The Hall–Kier alpha value is -2.70. The third-order valence-corrected chi connectivity index (χ3v) is 3.74. The van der Waals surface area contributed by atoms with Crippen molar-refractivity contribution in [2.75, 3.05) is 5.32 Å². The van der Waals surface area contributed by atoms with Gasteiger partial charge in [0.05, 0.1) is 28.3 Å². The zero-order chi connectivity index (χ0) is 16.7. The first-order valence-corrected chi connectivity index (χ1v) is 7.53. The number of hydrogen-bond donors (Lipinski definition) is 1. The van der Waals surface area contributed by atoms with E-state index < -0.39 is 0 Å². The van der Waals surface area contributed by atoms with Gasteiger partial charge in [-0.25, -0.2) is 9.50 Å². The highest BCUT2D eigenvalue weighted by Crippen LogP contribution is 2.23. The van der Waals surface area contributed by atoms with E-state index in [2.05, 4.69) is 20.5 Å². The summed E-state index contributed by atoms with van der Waals surface area (Å²) >= 11 is 0. The standard InChI is InChI=1S/C16H20N6O/c1-9(2)15-13(8-21(5)20-15)18-16(23)12-7-17-14-6-10(3)19-22(14)11(12)4/h6-9H,1-5H3,(H,18,23). The first-order valence-electron chi connectivity index (χ1n) is 7.53. The number of aromatic nitrogens is 5. The predicted octanol–water partition coefficient (Wildman–Crippen LogP) is 2.46. The highest BCUT2D eigenvalue weighted by Gasteiger charge is 2.18. The Kier molecular flexibility index (Phi) is 3.63. The number of carbonyl (C=O) groups is 1. The van der Waals surface area contributed by atoms with Gasteiger partial charge >= 0.3 is 0 Å². The van der Waals surface area contributed by atoms with Crippen LogP contribution in [0.5, 0.6) is 0 Å². The van der Waals surface area contributed by atoms with Crippen LogP contribution in [0.3, 0.4) is 0 Å². The second-order valence-corrected chi connectivity index (χ2v) is 6.02. The molecule has 0 saturated heterocycles. The number of carbonyl (C=O) groups excluding carboxylic acids is 1. The third kappa shape index (κ3) is 2.69. The number of hydrogen-bond acceptors (Lipinski definition) is 4. The molecule has 0 aromatic carbocycles. The number of nitrogens with one attached hydrogen (secondary N) is 1. The first-order chi connectivity index (χ1) is 10.9. The zero-order valence-electron chi connectivity index (χ0n) is 14.0. The molecule has 0 saturated carbocycles. The topological polar surface area (TPSA) is 77.1 Å². The van der Waals surface area contributed by atoms with Crippen LogP contribution in [0.15, 0.2) is 18.5 Å². The summed E-state index contributed by atoms with van der Waals surface area (Å²) in [6.07, 6.45) is 3.40. The van der Waals surface area contributed by atoms with Gasteiger partial charge in [-0.1, -0.05) is 13.8 Å². The molecule has 3 aromatic heterocycles. The van der Waals surface area contributed by atoms with Crippen LogP contribution in [-0.2, 0) is 7.05 Å². The molecule has 0 atom stereocenters. The average Bonchev–Trinajstić information content (AvgIpc) is 3.02. The van der Waals surface area contributed by atoms with E-state index in [1.807, 2.05) is 47.0 Å². The fourth-order valence-corrected chi connectivity index (χ4v) is 2.60. The molecule has 7 heteroatoms. The molecule has 0 aliphatic carbocycles. The van der Waals surface area contributed by atoms with Gasteiger partial charge in [-0.2, -0.15) is 10.2 Å². The summed E-state index contributed by atoms with van der Waals surface area (Å²) in [4.78, 5) is 16.9. The highest BCUT2D eigenvalue weighted by molar-refractivity contribution is 6.05. The van der Waals surface area contributed by atoms with Crippen LogP contribution in [-0.4, -0.2) is 30.3 Å². The average molecular weight is 312 g/mol. The molecule has 0 radical (unpaired) electrons. The van der Waals surface area contributed by atoms with Crippen LogP contribution in [0.25, 0.3) is 5.65 Å². The van der Waals surface area contributed by atoms with E-state index in [-0.39, 0.29) is 11.8 Å². The summed E-state index contributed by atoms with van der Waals surface area (Å²) in [5.41, 5.74) is 4.45. The van der Waals surface area contributed by atoms with Gasteiger partial charge in [0.1, 0.15) is 0 Å². The molecule has 0 spiro atoms. The summed E-state index contributed by atoms with van der Waals surface area (Å²) < 4.78 is 3.40. The van der Waals surface area contributed by atoms with Gasteiger partial charge in [-0.05, 0) is 19.8 Å². The number of fused-ring (bicyclic) bond motifs is 1. The van der Waals surface area contributed by atoms with Crippen molar-refractivity contribution in [1.82, 2.24) is 24.4 Å². The van der Waals surface area contributed by atoms with Gasteiger partial charge in [0.15, 0.2) is 5.65 Å². The summed E-state index contributed by atoms with van der Waals surface area (Å²) in [7, 11) is 1.84. The fourth-order valence-electron chi connectivity index (χ4n) is 2.60. The lowest BCUT2D eigenvalue weighted by atomic mass is 10.1. The number of rotatable bonds is 3. The molecule has 120 valence electrons. The van der Waals surface area contributed by atoms with Crippen molar-refractivity contribution in [2.24, 2.45) is 7.05 Å². The Morgan fingerprint density at radius 1 is 1.26 bits per heavy atom. The maximum absolute atomic E-state index is 12.6. The van der Waals surface area contributed by atoms with Crippen molar-refractivity contribution in [3.05, 3.63) is 41.1 Å². The van der Waals surface area contributed by atoms with Crippen LogP contribution in [0.2, 0.25) is 0 Å². The van der Waals surface area contributed by atoms with Crippen molar-refractivity contribution in [1.29, 1.82) is 0 Å². The van der Waals surface area contributed by atoms with Gasteiger partial charge in [0.2, 0.25) is 0 Å². The molecule has 0 fully saturated rings. The van der Waals surface area contributed by atoms with Crippen molar-refractivity contribution < 1.29 is 4.79 Å². The smallest absolute Gasteiger partial charge is 0.259 e. The van der Waals surface area contributed by atoms with Crippen LogP contribution in [0.4, 0.5) is 5.69 Å². The number of anilines is 1. The molecule has 0 unspecified atom stereocenters. The van der Waals surface area contributed by atoms with E-state index in [1.165, 1.54) is 0 Å². The minimum Gasteiger partial charge on any atom is -0.319 e. The second-order valence-electron chi connectivity index (χ2n) is 6.02. The van der Waals surface area contributed by atoms with E-state index >= 15 is 0 Å². The molecule has 3 aromatic rings. The van der Waals surface area contributed by atoms with Crippen LogP contribution >= 0.6 is 0 Å². The monoisotopic (exact) mass is 312 g/mol. The van der Waals surface area contributed by atoms with E-state index in [0.29, 0.717) is 5.56 Å². The van der Waals surface area contributed by atoms with E-state index in [0.717, 1.165) is 28.4 Å². The number of aryl methyl sites for hydroxylation is 3. The lowest BCUT2D eigenvalue weighted by molar-refractivity contribution is 0.102. The van der Waals surface area contributed by atoms with E-state index in [1.54, 1.807) is 15.4 Å².